The summed E-state index contributed by atoms with van der Waals surface area (Å²) >= 11 is 12.0. The number of amides is 1. The van der Waals surface area contributed by atoms with Crippen LogP contribution in [0.15, 0.2) is 42.5 Å². The van der Waals surface area contributed by atoms with Crippen molar-refractivity contribution in [2.45, 2.75) is 20.3 Å². The topological polar surface area (TPSA) is 38.3 Å². The van der Waals surface area contributed by atoms with Gasteiger partial charge in [0.2, 0.25) is 0 Å². The predicted molar refractivity (Wildman–Crippen MR) is 95.8 cm³/mol. The number of halogens is 2. The Labute approximate surface area is 146 Å². The van der Waals surface area contributed by atoms with Gasteiger partial charge in [0.1, 0.15) is 5.75 Å². The lowest BCUT2D eigenvalue weighted by molar-refractivity contribution is 0.102. The first kappa shape index (κ1) is 17.6. The maximum absolute atomic E-state index is 12.3. The number of carbonyl (C=O) groups excluding carboxylic acids is 1. The van der Waals surface area contributed by atoms with Gasteiger partial charge in [-0.05, 0) is 48.7 Å². The lowest BCUT2D eigenvalue weighted by Crippen LogP contribution is -2.12. The number of anilines is 1. The van der Waals surface area contributed by atoms with E-state index in [1.165, 1.54) is 0 Å². The SMILES string of the molecule is CC(C)CCOc1cccc(C(=O)Nc2cc(Cl)ccc2Cl)c1. The first-order valence-corrected chi connectivity index (χ1v) is 8.20. The van der Waals surface area contributed by atoms with Crippen LogP contribution in [0.2, 0.25) is 10.0 Å². The van der Waals surface area contributed by atoms with E-state index in [9.17, 15) is 4.79 Å². The number of hydrogen-bond donors (Lipinski definition) is 1. The van der Waals surface area contributed by atoms with Gasteiger partial charge < -0.3 is 10.1 Å². The first-order valence-electron chi connectivity index (χ1n) is 7.45. The van der Waals surface area contributed by atoms with Gasteiger partial charge in [-0.1, -0.05) is 43.1 Å². The molecule has 1 N–H and O–H groups in total. The summed E-state index contributed by atoms with van der Waals surface area (Å²) in [4.78, 5) is 12.3. The molecule has 0 radical (unpaired) electrons. The minimum absolute atomic E-state index is 0.261. The molecule has 0 aliphatic carbocycles. The number of rotatable bonds is 6. The van der Waals surface area contributed by atoms with Crippen LogP contribution in [0.4, 0.5) is 5.69 Å². The van der Waals surface area contributed by atoms with Crippen molar-refractivity contribution < 1.29 is 9.53 Å². The first-order chi connectivity index (χ1) is 11.0. The Morgan fingerprint density at radius 2 is 1.96 bits per heavy atom. The number of hydrogen-bond acceptors (Lipinski definition) is 2. The Morgan fingerprint density at radius 3 is 2.70 bits per heavy atom. The molecule has 0 aliphatic heterocycles. The van der Waals surface area contributed by atoms with Gasteiger partial charge in [0.05, 0.1) is 17.3 Å². The number of nitrogens with one attached hydrogen (secondary N) is 1. The van der Waals surface area contributed by atoms with Crippen LogP contribution in [0.3, 0.4) is 0 Å². The van der Waals surface area contributed by atoms with E-state index < -0.39 is 0 Å². The lowest BCUT2D eigenvalue weighted by atomic mass is 10.1. The third-order valence-electron chi connectivity index (χ3n) is 3.24. The summed E-state index contributed by atoms with van der Waals surface area (Å²) in [6.07, 6.45) is 0.967. The van der Waals surface area contributed by atoms with Gasteiger partial charge in [-0.25, -0.2) is 0 Å². The number of benzene rings is 2. The molecule has 2 aromatic rings. The summed E-state index contributed by atoms with van der Waals surface area (Å²) in [6, 6.07) is 12.0. The van der Waals surface area contributed by atoms with E-state index in [0.717, 1.165) is 6.42 Å². The zero-order valence-electron chi connectivity index (χ0n) is 13.1. The van der Waals surface area contributed by atoms with Crippen LogP contribution in [0.5, 0.6) is 5.75 Å². The summed E-state index contributed by atoms with van der Waals surface area (Å²) in [7, 11) is 0. The second-order valence-electron chi connectivity index (χ2n) is 5.64. The molecule has 1 amide bonds. The molecular weight excluding hydrogens is 333 g/mol. The maximum atomic E-state index is 12.3. The quantitative estimate of drug-likeness (QED) is 0.727. The average molecular weight is 352 g/mol. The standard InChI is InChI=1S/C18H19Cl2NO2/c1-12(2)8-9-23-15-5-3-4-13(10-15)18(22)21-17-11-14(19)6-7-16(17)20/h3-7,10-12H,8-9H2,1-2H3,(H,21,22). The van der Waals surface area contributed by atoms with E-state index in [4.69, 9.17) is 27.9 Å². The molecule has 0 unspecified atom stereocenters. The molecule has 0 bridgehead atoms. The molecule has 0 saturated heterocycles. The molecule has 3 nitrogen and oxygen atoms in total. The van der Waals surface area contributed by atoms with E-state index in [1.54, 1.807) is 36.4 Å². The molecule has 0 heterocycles. The van der Waals surface area contributed by atoms with Crippen molar-refractivity contribution in [3.05, 3.63) is 58.1 Å². The van der Waals surface area contributed by atoms with Crippen molar-refractivity contribution in [1.82, 2.24) is 0 Å². The Balaban J connectivity index is 2.06. The van der Waals surface area contributed by atoms with Crippen LogP contribution in [0.25, 0.3) is 0 Å². The molecule has 0 aromatic heterocycles. The van der Waals surface area contributed by atoms with Gasteiger partial charge in [0.15, 0.2) is 0 Å². The Morgan fingerprint density at radius 1 is 1.17 bits per heavy atom. The molecular formula is C18H19Cl2NO2. The van der Waals surface area contributed by atoms with Crippen molar-refractivity contribution >= 4 is 34.8 Å². The highest BCUT2D eigenvalue weighted by atomic mass is 35.5. The number of carbonyl (C=O) groups is 1. The van der Waals surface area contributed by atoms with Gasteiger partial charge >= 0.3 is 0 Å². The smallest absolute Gasteiger partial charge is 0.255 e. The second-order valence-corrected chi connectivity index (χ2v) is 6.48. The van der Waals surface area contributed by atoms with Crippen molar-refractivity contribution in [3.63, 3.8) is 0 Å². The fourth-order valence-corrected chi connectivity index (χ4v) is 2.26. The summed E-state index contributed by atoms with van der Waals surface area (Å²) in [5.41, 5.74) is 0.985. The van der Waals surface area contributed by atoms with Crippen LogP contribution < -0.4 is 10.1 Å². The Kier molecular flexibility index (Phi) is 6.31. The molecule has 0 spiro atoms. The fourth-order valence-electron chi connectivity index (χ4n) is 1.93. The minimum atomic E-state index is -0.261. The van der Waals surface area contributed by atoms with Crippen molar-refractivity contribution in [1.29, 1.82) is 0 Å². The lowest BCUT2D eigenvalue weighted by Gasteiger charge is -2.10. The average Bonchev–Trinajstić information content (AvgIpc) is 2.51. The van der Waals surface area contributed by atoms with Crippen LogP contribution in [0, 0.1) is 5.92 Å². The van der Waals surface area contributed by atoms with Gasteiger partial charge in [-0.2, -0.15) is 0 Å². The molecule has 23 heavy (non-hydrogen) atoms. The van der Waals surface area contributed by atoms with Gasteiger partial charge in [-0.15, -0.1) is 0 Å². The molecule has 5 heteroatoms. The predicted octanol–water partition coefficient (Wildman–Crippen LogP) is 5.67. The van der Waals surface area contributed by atoms with Crippen LogP contribution in [-0.4, -0.2) is 12.5 Å². The zero-order chi connectivity index (χ0) is 16.8. The second kappa shape index (κ2) is 8.23. The van der Waals surface area contributed by atoms with Gasteiger partial charge in [0, 0.05) is 10.6 Å². The van der Waals surface area contributed by atoms with E-state index >= 15 is 0 Å². The highest BCUT2D eigenvalue weighted by molar-refractivity contribution is 6.35. The Bertz CT molecular complexity index is 686. The fraction of sp³-hybridized carbons (Fsp3) is 0.278. The van der Waals surface area contributed by atoms with Crippen molar-refractivity contribution in [3.8, 4) is 5.75 Å². The molecule has 0 fully saturated rings. The van der Waals surface area contributed by atoms with E-state index in [2.05, 4.69) is 19.2 Å². The van der Waals surface area contributed by atoms with Crippen molar-refractivity contribution in [2.75, 3.05) is 11.9 Å². The Hall–Kier alpha value is -1.71. The molecule has 2 rings (SSSR count). The minimum Gasteiger partial charge on any atom is -0.494 e. The van der Waals surface area contributed by atoms with Crippen LogP contribution in [-0.2, 0) is 0 Å². The third-order valence-corrected chi connectivity index (χ3v) is 3.80. The van der Waals surface area contributed by atoms with E-state index in [0.29, 0.717) is 39.6 Å². The summed E-state index contributed by atoms with van der Waals surface area (Å²) < 4.78 is 5.67. The number of ether oxygens (including phenoxy) is 1. The summed E-state index contributed by atoms with van der Waals surface area (Å²) in [5.74, 6) is 0.991. The molecule has 2 aromatic carbocycles. The molecule has 0 saturated carbocycles. The third kappa shape index (κ3) is 5.45. The van der Waals surface area contributed by atoms with E-state index in [-0.39, 0.29) is 5.91 Å². The van der Waals surface area contributed by atoms with Crippen LogP contribution in [0.1, 0.15) is 30.6 Å². The summed E-state index contributed by atoms with van der Waals surface area (Å²) in [5, 5.41) is 3.70. The monoisotopic (exact) mass is 351 g/mol. The molecule has 0 aliphatic rings. The van der Waals surface area contributed by atoms with Crippen LogP contribution >= 0.6 is 23.2 Å². The molecule has 0 atom stereocenters. The van der Waals surface area contributed by atoms with E-state index in [1.807, 2.05) is 6.07 Å². The largest absolute Gasteiger partial charge is 0.494 e. The van der Waals surface area contributed by atoms with Gasteiger partial charge in [0.25, 0.3) is 5.91 Å². The zero-order valence-corrected chi connectivity index (χ0v) is 14.6. The van der Waals surface area contributed by atoms with Crippen molar-refractivity contribution in [2.24, 2.45) is 5.92 Å². The summed E-state index contributed by atoms with van der Waals surface area (Å²) in [6.45, 7) is 4.91. The highest BCUT2D eigenvalue weighted by Gasteiger charge is 2.10. The highest BCUT2D eigenvalue weighted by Crippen LogP contribution is 2.26. The van der Waals surface area contributed by atoms with Gasteiger partial charge in [-0.3, -0.25) is 4.79 Å². The normalized spacial score (nSPS) is 10.7. The maximum Gasteiger partial charge on any atom is 0.255 e. The molecule has 122 valence electrons.